The van der Waals surface area contributed by atoms with Gasteiger partial charge in [-0.05, 0) is 44.5 Å². The first kappa shape index (κ1) is 21.8. The van der Waals surface area contributed by atoms with Gasteiger partial charge in [-0.25, -0.2) is 9.18 Å². The van der Waals surface area contributed by atoms with Gasteiger partial charge in [0.25, 0.3) is 5.56 Å². The third-order valence-corrected chi connectivity index (χ3v) is 5.50. The van der Waals surface area contributed by atoms with Crippen LogP contribution in [0.1, 0.15) is 36.7 Å². The lowest BCUT2D eigenvalue weighted by atomic mass is 9.96. The molecule has 1 atom stereocenters. The largest absolute Gasteiger partial charge is 0.507 e. The monoisotopic (exact) mass is 417 g/mol. The number of hydrogen-bond acceptors (Lipinski definition) is 5. The standard InChI is InChI=1S/C22H28FN3O4/c1-4-26-15(3)14-18(27)19(21(26)28)20(16-6-8-17(23)9-7-16)24-10-12-25(13-11-24)22(29)30-5-2/h6-9,14,20,27H,4-5,10-13H2,1-3H3. The summed E-state index contributed by atoms with van der Waals surface area (Å²) in [5.41, 5.74) is 1.38. The molecule has 1 fully saturated rings. The average molecular weight is 417 g/mol. The minimum absolute atomic E-state index is 0.0793. The van der Waals surface area contributed by atoms with Gasteiger partial charge in [0.05, 0.1) is 18.2 Å². The molecule has 7 nitrogen and oxygen atoms in total. The lowest BCUT2D eigenvalue weighted by Gasteiger charge is -2.39. The summed E-state index contributed by atoms with van der Waals surface area (Å²) in [6, 6.07) is 6.99. The van der Waals surface area contributed by atoms with E-state index < -0.39 is 6.04 Å². The molecule has 1 unspecified atom stereocenters. The lowest BCUT2D eigenvalue weighted by Crippen LogP contribution is -2.50. The molecule has 0 aliphatic carbocycles. The lowest BCUT2D eigenvalue weighted by molar-refractivity contribution is 0.0709. The summed E-state index contributed by atoms with van der Waals surface area (Å²) in [7, 11) is 0. The highest BCUT2D eigenvalue weighted by molar-refractivity contribution is 5.67. The number of pyridine rings is 1. The molecule has 1 aliphatic rings. The van der Waals surface area contributed by atoms with Crippen molar-refractivity contribution in [3.8, 4) is 5.75 Å². The zero-order valence-corrected chi connectivity index (χ0v) is 17.6. The Labute approximate surface area is 175 Å². The van der Waals surface area contributed by atoms with Crippen molar-refractivity contribution < 1.29 is 19.0 Å². The molecule has 1 saturated heterocycles. The smallest absolute Gasteiger partial charge is 0.409 e. The van der Waals surface area contributed by atoms with Gasteiger partial charge >= 0.3 is 6.09 Å². The number of carbonyl (C=O) groups excluding carboxylic acids is 1. The number of aromatic hydroxyl groups is 1. The minimum atomic E-state index is -0.555. The first-order valence-electron chi connectivity index (χ1n) is 10.2. The topological polar surface area (TPSA) is 75.0 Å². The Bertz CT molecular complexity index is 950. The van der Waals surface area contributed by atoms with E-state index in [1.165, 1.54) is 12.1 Å². The highest BCUT2D eigenvalue weighted by Crippen LogP contribution is 2.33. The Morgan fingerprint density at radius 2 is 1.80 bits per heavy atom. The molecule has 2 aromatic rings. The molecule has 8 heteroatoms. The number of carbonyl (C=O) groups is 1. The molecule has 3 rings (SSSR count). The number of halogens is 1. The molecule has 1 aromatic heterocycles. The van der Waals surface area contributed by atoms with Crippen LogP contribution in [0.3, 0.4) is 0 Å². The molecule has 0 radical (unpaired) electrons. The molecule has 0 spiro atoms. The van der Waals surface area contributed by atoms with Crippen molar-refractivity contribution in [2.45, 2.75) is 33.4 Å². The molecular weight excluding hydrogens is 389 g/mol. The first-order chi connectivity index (χ1) is 14.4. The van der Waals surface area contributed by atoms with Crippen molar-refractivity contribution >= 4 is 6.09 Å². The second-order valence-corrected chi connectivity index (χ2v) is 7.31. The second kappa shape index (κ2) is 9.30. The van der Waals surface area contributed by atoms with E-state index in [0.717, 1.165) is 0 Å². The predicted molar refractivity (Wildman–Crippen MR) is 111 cm³/mol. The normalized spacial score (nSPS) is 15.8. The number of aromatic nitrogens is 1. The van der Waals surface area contributed by atoms with Crippen molar-refractivity contribution in [2.24, 2.45) is 0 Å². The summed E-state index contributed by atoms with van der Waals surface area (Å²) in [4.78, 5) is 28.9. The van der Waals surface area contributed by atoms with Crippen LogP contribution >= 0.6 is 0 Å². The summed E-state index contributed by atoms with van der Waals surface area (Å²) in [5, 5.41) is 10.7. The fourth-order valence-electron chi connectivity index (χ4n) is 4.00. The van der Waals surface area contributed by atoms with E-state index in [9.17, 15) is 19.1 Å². The molecule has 1 N–H and O–H groups in total. The molecule has 162 valence electrons. The molecule has 1 amide bonds. The molecule has 0 saturated carbocycles. The van der Waals surface area contributed by atoms with Crippen LogP contribution in [0.4, 0.5) is 9.18 Å². The van der Waals surface area contributed by atoms with Crippen molar-refractivity contribution in [3.63, 3.8) is 0 Å². The van der Waals surface area contributed by atoms with Gasteiger partial charge < -0.3 is 19.3 Å². The van der Waals surface area contributed by atoms with Gasteiger partial charge in [-0.3, -0.25) is 9.69 Å². The van der Waals surface area contributed by atoms with E-state index in [-0.39, 0.29) is 28.8 Å². The second-order valence-electron chi connectivity index (χ2n) is 7.31. The number of aryl methyl sites for hydroxylation is 1. The first-order valence-corrected chi connectivity index (χ1v) is 10.2. The van der Waals surface area contributed by atoms with Gasteiger partial charge in [-0.15, -0.1) is 0 Å². The van der Waals surface area contributed by atoms with Crippen LogP contribution in [0.15, 0.2) is 35.1 Å². The van der Waals surface area contributed by atoms with E-state index >= 15 is 0 Å². The zero-order valence-electron chi connectivity index (χ0n) is 17.6. The maximum atomic E-state index is 13.6. The average Bonchev–Trinajstić information content (AvgIpc) is 2.72. The van der Waals surface area contributed by atoms with Crippen LogP contribution in [0, 0.1) is 12.7 Å². The molecule has 1 aliphatic heterocycles. The zero-order chi connectivity index (χ0) is 21.8. The third kappa shape index (κ3) is 4.33. The highest BCUT2D eigenvalue weighted by Gasteiger charge is 2.32. The Morgan fingerprint density at radius 3 is 2.37 bits per heavy atom. The predicted octanol–water partition coefficient (Wildman–Crippen LogP) is 2.88. The van der Waals surface area contributed by atoms with Gasteiger partial charge in [-0.1, -0.05) is 12.1 Å². The Kier molecular flexibility index (Phi) is 6.77. The fraction of sp³-hybridized carbons (Fsp3) is 0.455. The molecule has 1 aromatic carbocycles. The van der Waals surface area contributed by atoms with Crippen molar-refractivity contribution in [1.82, 2.24) is 14.4 Å². The summed E-state index contributed by atoms with van der Waals surface area (Å²) in [5.74, 6) is -0.451. The number of rotatable bonds is 5. The molecular formula is C22H28FN3O4. The van der Waals surface area contributed by atoms with Gasteiger partial charge in [0.15, 0.2) is 0 Å². The number of hydrogen-bond donors (Lipinski definition) is 1. The van der Waals surface area contributed by atoms with Gasteiger partial charge in [-0.2, -0.15) is 0 Å². The minimum Gasteiger partial charge on any atom is -0.507 e. The third-order valence-electron chi connectivity index (χ3n) is 5.50. The van der Waals surface area contributed by atoms with Gasteiger partial charge in [0.2, 0.25) is 0 Å². The number of amides is 1. The molecule has 2 heterocycles. The maximum absolute atomic E-state index is 13.6. The molecule has 30 heavy (non-hydrogen) atoms. The van der Waals surface area contributed by atoms with E-state index in [1.807, 2.05) is 11.8 Å². The highest BCUT2D eigenvalue weighted by atomic mass is 19.1. The van der Waals surface area contributed by atoms with Crippen LogP contribution in [0.25, 0.3) is 0 Å². The van der Waals surface area contributed by atoms with E-state index in [2.05, 4.69) is 0 Å². The summed E-state index contributed by atoms with van der Waals surface area (Å²) in [6.07, 6.45) is -0.359. The van der Waals surface area contributed by atoms with Crippen LogP contribution in [-0.2, 0) is 11.3 Å². The Morgan fingerprint density at radius 1 is 1.17 bits per heavy atom. The summed E-state index contributed by atoms with van der Waals surface area (Å²) >= 11 is 0. The number of piperazine rings is 1. The van der Waals surface area contributed by atoms with Gasteiger partial charge in [0.1, 0.15) is 11.6 Å². The Balaban J connectivity index is 2.01. The van der Waals surface area contributed by atoms with Crippen molar-refractivity contribution in [3.05, 3.63) is 63.3 Å². The summed E-state index contributed by atoms with van der Waals surface area (Å²) in [6.45, 7) is 8.04. The van der Waals surface area contributed by atoms with Crippen molar-refractivity contribution in [2.75, 3.05) is 32.8 Å². The van der Waals surface area contributed by atoms with E-state index in [0.29, 0.717) is 50.6 Å². The SMILES string of the molecule is CCOC(=O)N1CCN(C(c2ccc(F)cc2)c2c(O)cc(C)n(CC)c2=O)CC1. The maximum Gasteiger partial charge on any atom is 0.409 e. The molecule has 0 bridgehead atoms. The van der Waals surface area contributed by atoms with Crippen LogP contribution in [0.2, 0.25) is 0 Å². The number of ether oxygens (including phenoxy) is 1. The van der Waals surface area contributed by atoms with E-state index in [1.54, 1.807) is 41.5 Å². The van der Waals surface area contributed by atoms with Crippen LogP contribution in [0.5, 0.6) is 5.75 Å². The number of nitrogens with zero attached hydrogens (tertiary/aromatic N) is 3. The number of benzene rings is 1. The van der Waals surface area contributed by atoms with Crippen LogP contribution < -0.4 is 5.56 Å². The Hall–Kier alpha value is -2.87. The quantitative estimate of drug-likeness (QED) is 0.810. The van der Waals surface area contributed by atoms with Crippen molar-refractivity contribution in [1.29, 1.82) is 0 Å². The fourth-order valence-corrected chi connectivity index (χ4v) is 4.00. The van der Waals surface area contributed by atoms with Gasteiger partial charge in [0, 0.05) is 38.4 Å². The van der Waals surface area contributed by atoms with Crippen LogP contribution in [-0.4, -0.2) is 58.4 Å². The van der Waals surface area contributed by atoms with E-state index in [4.69, 9.17) is 4.74 Å². The summed E-state index contributed by atoms with van der Waals surface area (Å²) < 4.78 is 20.2.